The van der Waals surface area contributed by atoms with Crippen LogP contribution >= 0.6 is 11.9 Å². The molecule has 0 amide bonds. The summed E-state index contributed by atoms with van der Waals surface area (Å²) in [7, 11) is 1.57. The molecule has 3 aliphatic rings. The van der Waals surface area contributed by atoms with Gasteiger partial charge in [0.05, 0.1) is 26.2 Å². The van der Waals surface area contributed by atoms with Crippen molar-refractivity contribution < 1.29 is 43.0 Å². The van der Waals surface area contributed by atoms with E-state index < -0.39 is 42.1 Å². The molecule has 0 saturated carbocycles. The maximum Gasteiger partial charge on any atom is 0.265 e. The molecule has 15 heteroatoms. The highest BCUT2D eigenvalue weighted by Crippen LogP contribution is 2.45. The summed E-state index contributed by atoms with van der Waals surface area (Å²) in [5.74, 6) is -0.377. The summed E-state index contributed by atoms with van der Waals surface area (Å²) in [6.45, 7) is 17.2. The first kappa shape index (κ1) is 38.0. The summed E-state index contributed by atoms with van der Waals surface area (Å²) in [6, 6.07) is 11.3. The first-order valence-electron chi connectivity index (χ1n) is 17.4. The summed E-state index contributed by atoms with van der Waals surface area (Å²) in [5, 5.41) is 11.3. The second kappa shape index (κ2) is 16.1. The smallest absolute Gasteiger partial charge is 0.265 e. The Hall–Kier alpha value is -3.70. The van der Waals surface area contributed by atoms with Crippen molar-refractivity contribution in [1.82, 2.24) is 15.0 Å². The Labute approximate surface area is 309 Å². The highest BCUT2D eigenvalue weighted by atomic mass is 32.2. The number of pyridine rings is 1. The van der Waals surface area contributed by atoms with E-state index in [4.69, 9.17) is 47.9 Å². The number of anilines is 2. The number of nitrogens with zero attached hydrogens (tertiary/aromatic N) is 4. The lowest BCUT2D eigenvalue weighted by atomic mass is 9.91. The van der Waals surface area contributed by atoms with Gasteiger partial charge in [0.2, 0.25) is 11.7 Å². The summed E-state index contributed by atoms with van der Waals surface area (Å²) in [6.07, 6.45) is 0.941. The predicted molar refractivity (Wildman–Crippen MR) is 195 cm³/mol. The predicted octanol–water partition coefficient (Wildman–Crippen LogP) is 5.92. The number of aliphatic hydroxyl groups is 1. The van der Waals surface area contributed by atoms with Crippen molar-refractivity contribution >= 4 is 23.7 Å². The minimum atomic E-state index is -1.49. The number of ether oxygens (including phenoxy) is 8. The molecular weight excluding hydrogens is 691 g/mol. The van der Waals surface area contributed by atoms with Gasteiger partial charge in [0.15, 0.2) is 35.2 Å². The van der Waals surface area contributed by atoms with E-state index in [1.807, 2.05) is 43.1 Å². The van der Waals surface area contributed by atoms with E-state index in [0.717, 1.165) is 10.6 Å². The second-order valence-electron chi connectivity index (χ2n) is 13.9. The minimum Gasteiger partial charge on any atom is -0.493 e. The zero-order valence-electron chi connectivity index (χ0n) is 30.7. The van der Waals surface area contributed by atoms with Crippen LogP contribution in [0.15, 0.2) is 60.3 Å². The van der Waals surface area contributed by atoms with E-state index >= 15 is 0 Å². The van der Waals surface area contributed by atoms with E-state index in [1.165, 1.54) is 11.9 Å². The van der Waals surface area contributed by atoms with Gasteiger partial charge in [-0.3, -0.25) is 0 Å². The molecule has 1 aromatic carbocycles. The zero-order valence-corrected chi connectivity index (χ0v) is 31.6. The summed E-state index contributed by atoms with van der Waals surface area (Å²) >= 11 is 1.29. The molecule has 0 radical (unpaired) electrons. The number of hydrogen-bond acceptors (Lipinski definition) is 15. The fraction of sp³-hybridized carbons (Fsp3) is 0.541. The Bertz CT molecular complexity index is 1670. The maximum absolute atomic E-state index is 10.6. The quantitative estimate of drug-likeness (QED) is 0.114. The number of nitrogens with one attached hydrogen (secondary N) is 1. The molecule has 14 nitrogen and oxygen atoms in total. The average Bonchev–Trinajstić information content (AvgIpc) is 3.45. The van der Waals surface area contributed by atoms with Crippen LogP contribution in [-0.2, 0) is 23.7 Å². The third kappa shape index (κ3) is 9.08. The molecule has 3 aromatic rings. The van der Waals surface area contributed by atoms with Crippen LogP contribution in [0.25, 0.3) is 0 Å². The molecule has 6 rings (SSSR count). The highest BCUT2D eigenvalue weighted by Gasteiger charge is 2.55. The molecule has 5 heterocycles. The van der Waals surface area contributed by atoms with Crippen molar-refractivity contribution in [3.05, 3.63) is 60.8 Å². The fourth-order valence-electron chi connectivity index (χ4n) is 6.12. The van der Waals surface area contributed by atoms with Gasteiger partial charge in [-0.05, 0) is 57.4 Å². The van der Waals surface area contributed by atoms with E-state index in [0.29, 0.717) is 55.5 Å². The number of rotatable bonds is 14. The lowest BCUT2D eigenvalue weighted by Crippen LogP contribution is -2.56. The van der Waals surface area contributed by atoms with Crippen LogP contribution < -0.4 is 23.8 Å². The van der Waals surface area contributed by atoms with Crippen LogP contribution in [0.1, 0.15) is 53.0 Å². The third-order valence-corrected chi connectivity index (χ3v) is 9.42. The van der Waals surface area contributed by atoms with E-state index in [-0.39, 0.29) is 18.2 Å². The number of fused-ring (bicyclic) bond motifs is 1. The third-order valence-electron chi connectivity index (χ3n) is 8.67. The molecule has 52 heavy (non-hydrogen) atoms. The summed E-state index contributed by atoms with van der Waals surface area (Å²) in [4.78, 5) is 16.5. The molecule has 2 N–H and O–H groups in total. The van der Waals surface area contributed by atoms with E-state index in [1.54, 1.807) is 39.2 Å². The number of para-hydroxylation sites is 2. The lowest BCUT2D eigenvalue weighted by molar-refractivity contribution is -0.326. The van der Waals surface area contributed by atoms with Gasteiger partial charge < -0.3 is 52.6 Å². The number of benzene rings is 1. The number of morpholine rings is 1. The van der Waals surface area contributed by atoms with Crippen LogP contribution in [0.2, 0.25) is 0 Å². The lowest BCUT2D eigenvalue weighted by Gasteiger charge is -2.42. The largest absolute Gasteiger partial charge is 0.493 e. The van der Waals surface area contributed by atoms with Crippen molar-refractivity contribution in [2.45, 2.75) is 88.7 Å². The molecule has 282 valence electrons. The molecule has 3 saturated heterocycles. The van der Waals surface area contributed by atoms with Crippen LogP contribution in [0.5, 0.6) is 23.1 Å². The van der Waals surface area contributed by atoms with Gasteiger partial charge >= 0.3 is 0 Å². The highest BCUT2D eigenvalue weighted by molar-refractivity contribution is 8.00. The van der Waals surface area contributed by atoms with Crippen LogP contribution in [0.4, 0.5) is 11.8 Å². The first-order chi connectivity index (χ1) is 24.8. The first-order valence-corrected chi connectivity index (χ1v) is 18.3. The molecule has 5 atom stereocenters. The maximum atomic E-state index is 10.6. The Balaban J connectivity index is 1.37. The van der Waals surface area contributed by atoms with Gasteiger partial charge in [-0.2, -0.15) is 9.97 Å². The SMILES string of the molecule is C=C[C@H]1[C@@H](OC(C)(C)O)O[C@H](COc2nc(N3CCOCC3)nc(NSc3ccc(C(C)C)cn3)c2Oc2ccccc2OC)[C@@H]2OC(C)(C)O[C@H]12. The zero-order chi connectivity index (χ0) is 37.0. The Morgan fingerprint density at radius 1 is 1.10 bits per heavy atom. The molecule has 3 aliphatic heterocycles. The standard InChI is InChI=1S/C37H49N5O9S/c1-9-24-29-30(50-37(6,7)49-29)27(48-34(24)51-36(4,5)43)21-46-33-31(47-26-13-11-10-12-25(26)44-8)32(39-35(40-33)42-16-18-45-19-17-42)41-52-28-15-14-23(20-38-28)22(2)3/h9-15,20,22,24,27,29-30,34,43H,1,16-19,21H2,2-8H3,(H,39,40,41)/t24-,27-,29-,30+,34-/m1/s1. The Morgan fingerprint density at radius 2 is 1.83 bits per heavy atom. The topological polar surface area (TPSA) is 148 Å². The monoisotopic (exact) mass is 739 g/mol. The van der Waals surface area contributed by atoms with Gasteiger partial charge in [-0.15, -0.1) is 6.58 Å². The summed E-state index contributed by atoms with van der Waals surface area (Å²) < 4.78 is 52.8. The average molecular weight is 740 g/mol. The van der Waals surface area contributed by atoms with Crippen LogP contribution in [0.3, 0.4) is 0 Å². The molecule has 0 aliphatic carbocycles. The van der Waals surface area contributed by atoms with Crippen molar-refractivity contribution in [1.29, 1.82) is 0 Å². The molecule has 0 spiro atoms. The van der Waals surface area contributed by atoms with Crippen molar-refractivity contribution in [3.63, 3.8) is 0 Å². The molecule has 3 fully saturated rings. The second-order valence-corrected chi connectivity index (χ2v) is 14.8. The van der Waals surface area contributed by atoms with E-state index in [9.17, 15) is 5.11 Å². The van der Waals surface area contributed by atoms with Gasteiger partial charge in [0.25, 0.3) is 5.88 Å². The number of methoxy groups -OCH3 is 1. The summed E-state index contributed by atoms with van der Waals surface area (Å²) in [5.41, 5.74) is 1.14. The van der Waals surface area contributed by atoms with Crippen molar-refractivity contribution in [3.8, 4) is 23.1 Å². The number of aromatic nitrogens is 3. The van der Waals surface area contributed by atoms with Gasteiger partial charge in [0.1, 0.15) is 29.9 Å². The molecule has 0 unspecified atom stereocenters. The van der Waals surface area contributed by atoms with Crippen LogP contribution in [-0.4, -0.2) is 96.3 Å². The molecule has 0 bridgehead atoms. The van der Waals surface area contributed by atoms with Gasteiger partial charge in [0, 0.05) is 31.2 Å². The van der Waals surface area contributed by atoms with Crippen LogP contribution in [0, 0.1) is 5.92 Å². The fourth-order valence-corrected chi connectivity index (χ4v) is 6.70. The van der Waals surface area contributed by atoms with Gasteiger partial charge in [-0.25, -0.2) is 4.98 Å². The Morgan fingerprint density at radius 3 is 2.48 bits per heavy atom. The molecule has 2 aromatic heterocycles. The minimum absolute atomic E-state index is 0.0389. The Kier molecular flexibility index (Phi) is 11.8. The van der Waals surface area contributed by atoms with Gasteiger partial charge in [-0.1, -0.05) is 38.1 Å². The van der Waals surface area contributed by atoms with Crippen molar-refractivity contribution in [2.24, 2.45) is 5.92 Å². The van der Waals surface area contributed by atoms with E-state index in [2.05, 4.69) is 36.2 Å². The van der Waals surface area contributed by atoms with Crippen molar-refractivity contribution in [2.75, 3.05) is 49.6 Å². The normalized spacial score (nSPS) is 24.3. The number of hydrogen-bond donors (Lipinski definition) is 2. The molecular formula is C37H49N5O9S.